The van der Waals surface area contributed by atoms with E-state index in [9.17, 15) is 4.79 Å². The van der Waals surface area contributed by atoms with Crippen molar-refractivity contribution in [3.63, 3.8) is 0 Å². The number of nitrogens with zero attached hydrogens (tertiary/aromatic N) is 1. The lowest BCUT2D eigenvalue weighted by molar-refractivity contribution is -0.116. The first-order chi connectivity index (χ1) is 13.2. The molecule has 4 saturated carbocycles. The van der Waals surface area contributed by atoms with Crippen molar-refractivity contribution < 1.29 is 4.79 Å². The number of carbonyl (C=O) groups excluding carboxylic acids is 1. The van der Waals surface area contributed by atoms with Crippen LogP contribution in [0.15, 0.2) is 24.3 Å². The fourth-order valence-corrected chi connectivity index (χ4v) is 6.71. The van der Waals surface area contributed by atoms with Gasteiger partial charge in [0, 0.05) is 30.0 Å². The molecule has 2 N–H and O–H groups in total. The molecule has 4 heteroatoms. The lowest BCUT2D eigenvalue weighted by Gasteiger charge is -2.57. The van der Waals surface area contributed by atoms with Crippen molar-refractivity contribution in [3.05, 3.63) is 24.3 Å². The maximum Gasteiger partial charge on any atom is 0.238 e. The van der Waals surface area contributed by atoms with Crippen molar-refractivity contribution >= 4 is 17.3 Å². The Morgan fingerprint density at radius 3 is 2.11 bits per heavy atom. The van der Waals surface area contributed by atoms with Crippen molar-refractivity contribution in [1.29, 1.82) is 0 Å². The summed E-state index contributed by atoms with van der Waals surface area (Å²) in [7, 11) is 0. The zero-order valence-corrected chi connectivity index (χ0v) is 16.4. The van der Waals surface area contributed by atoms with Gasteiger partial charge in [-0.1, -0.05) is 0 Å². The number of anilines is 2. The Labute approximate surface area is 163 Å². The highest BCUT2D eigenvalue weighted by Crippen LogP contribution is 2.55. The summed E-state index contributed by atoms with van der Waals surface area (Å²) in [6, 6.07) is 8.39. The molecule has 1 heterocycles. The van der Waals surface area contributed by atoms with E-state index < -0.39 is 0 Å². The summed E-state index contributed by atoms with van der Waals surface area (Å²) in [6.45, 7) is 2.75. The number of carbonyl (C=O) groups is 1. The van der Waals surface area contributed by atoms with Crippen molar-refractivity contribution in [3.8, 4) is 0 Å². The smallest absolute Gasteiger partial charge is 0.238 e. The molecule has 0 radical (unpaired) electrons. The second kappa shape index (κ2) is 7.12. The topological polar surface area (TPSA) is 44.4 Å². The number of hydrogen-bond donors (Lipinski definition) is 2. The largest absolute Gasteiger partial charge is 0.372 e. The van der Waals surface area contributed by atoms with E-state index in [-0.39, 0.29) is 11.4 Å². The number of piperidine rings is 1. The standard InChI is InChI=1S/C23H33N3O/c27-22(16-24-23-13-17-10-18(14-23)12-19(11-17)15-23)25-20-4-6-21(7-5-20)26-8-2-1-3-9-26/h4-7,17-19,24H,1-3,8-16H2,(H,25,27). The van der Waals surface area contributed by atoms with E-state index in [4.69, 9.17) is 0 Å². The number of nitrogens with one attached hydrogen (secondary N) is 2. The first kappa shape index (κ1) is 17.5. The average molecular weight is 368 g/mol. The Morgan fingerprint density at radius 1 is 0.926 bits per heavy atom. The van der Waals surface area contributed by atoms with Gasteiger partial charge in [0.15, 0.2) is 0 Å². The van der Waals surface area contributed by atoms with Crippen molar-refractivity contribution in [1.82, 2.24) is 5.32 Å². The molecule has 1 saturated heterocycles. The molecule has 4 nitrogen and oxygen atoms in total. The fourth-order valence-electron chi connectivity index (χ4n) is 6.71. The van der Waals surface area contributed by atoms with Crippen LogP contribution in [0.1, 0.15) is 57.8 Å². The second-order valence-corrected chi connectivity index (χ2v) is 9.69. The molecule has 0 spiro atoms. The van der Waals surface area contributed by atoms with Gasteiger partial charge in [-0.15, -0.1) is 0 Å². The molecule has 1 aromatic carbocycles. The SMILES string of the molecule is O=C(CNC12CC3CC(CC(C3)C1)C2)Nc1ccc(N2CCCCC2)cc1. The summed E-state index contributed by atoms with van der Waals surface area (Å²) in [5.41, 5.74) is 2.44. The predicted octanol–water partition coefficient (Wildman–Crippen LogP) is 4.17. The average Bonchev–Trinajstić information content (AvgIpc) is 2.67. The van der Waals surface area contributed by atoms with E-state index in [1.54, 1.807) is 0 Å². The summed E-state index contributed by atoms with van der Waals surface area (Å²) in [4.78, 5) is 15.0. The summed E-state index contributed by atoms with van der Waals surface area (Å²) in [5.74, 6) is 2.83. The molecule has 1 aromatic rings. The van der Waals surface area contributed by atoms with Crippen LogP contribution in [0.25, 0.3) is 0 Å². The van der Waals surface area contributed by atoms with Crippen LogP contribution in [0.3, 0.4) is 0 Å². The minimum absolute atomic E-state index is 0.0940. The van der Waals surface area contributed by atoms with Gasteiger partial charge in [0.25, 0.3) is 0 Å². The lowest BCUT2D eigenvalue weighted by Crippen LogP contribution is -2.59. The monoisotopic (exact) mass is 367 g/mol. The summed E-state index contributed by atoms with van der Waals surface area (Å²) < 4.78 is 0. The van der Waals surface area contributed by atoms with Crippen molar-refractivity contribution in [2.75, 3.05) is 29.9 Å². The minimum atomic E-state index is 0.0940. The summed E-state index contributed by atoms with van der Waals surface area (Å²) in [5, 5.41) is 6.77. The summed E-state index contributed by atoms with van der Waals surface area (Å²) in [6.07, 6.45) is 12.1. The normalized spacial score (nSPS) is 34.7. The first-order valence-electron chi connectivity index (χ1n) is 11.1. The highest BCUT2D eigenvalue weighted by atomic mass is 16.1. The van der Waals surface area contributed by atoms with Crippen LogP contribution in [0.5, 0.6) is 0 Å². The lowest BCUT2D eigenvalue weighted by atomic mass is 9.53. The summed E-state index contributed by atoms with van der Waals surface area (Å²) >= 11 is 0. The van der Waals surface area contributed by atoms with Gasteiger partial charge in [0.1, 0.15) is 0 Å². The van der Waals surface area contributed by atoms with Crippen molar-refractivity contribution in [2.45, 2.75) is 63.3 Å². The first-order valence-corrected chi connectivity index (χ1v) is 11.1. The van der Waals surface area contributed by atoms with Gasteiger partial charge in [0.2, 0.25) is 5.91 Å². The maximum atomic E-state index is 12.5. The molecular formula is C23H33N3O. The molecule has 1 amide bonds. The van der Waals surface area contributed by atoms with Gasteiger partial charge in [-0.05, 0) is 99.8 Å². The number of amides is 1. The Kier molecular flexibility index (Phi) is 4.63. The Bertz CT molecular complexity index is 642. The molecule has 5 fully saturated rings. The van der Waals surface area contributed by atoms with Gasteiger partial charge in [0.05, 0.1) is 6.54 Å². The molecule has 0 unspecified atom stereocenters. The van der Waals surface area contributed by atoms with Gasteiger partial charge in [-0.3, -0.25) is 4.79 Å². The number of rotatable bonds is 5. The van der Waals surface area contributed by atoms with E-state index in [2.05, 4.69) is 27.7 Å². The van der Waals surface area contributed by atoms with Crippen LogP contribution < -0.4 is 15.5 Å². The van der Waals surface area contributed by atoms with Gasteiger partial charge in [-0.25, -0.2) is 0 Å². The van der Waals surface area contributed by atoms with Gasteiger partial charge >= 0.3 is 0 Å². The predicted molar refractivity (Wildman–Crippen MR) is 110 cm³/mol. The minimum Gasteiger partial charge on any atom is -0.372 e. The van der Waals surface area contributed by atoms with E-state index >= 15 is 0 Å². The maximum absolute atomic E-state index is 12.5. The highest BCUT2D eigenvalue weighted by molar-refractivity contribution is 5.92. The molecule has 27 heavy (non-hydrogen) atoms. The number of hydrogen-bond acceptors (Lipinski definition) is 3. The molecule has 5 aliphatic rings. The third-order valence-electron chi connectivity index (χ3n) is 7.53. The van der Waals surface area contributed by atoms with Gasteiger partial charge in [-0.2, -0.15) is 0 Å². The number of benzene rings is 1. The Hall–Kier alpha value is -1.55. The molecule has 6 rings (SSSR count). The fraction of sp³-hybridized carbons (Fsp3) is 0.696. The van der Waals surface area contributed by atoms with Crippen molar-refractivity contribution in [2.24, 2.45) is 17.8 Å². The highest BCUT2D eigenvalue weighted by Gasteiger charge is 2.50. The van der Waals surface area contributed by atoms with Crippen LogP contribution in [0.2, 0.25) is 0 Å². The molecule has 146 valence electrons. The van der Waals surface area contributed by atoms with Crippen LogP contribution >= 0.6 is 0 Å². The van der Waals surface area contributed by atoms with Crippen LogP contribution in [0.4, 0.5) is 11.4 Å². The Morgan fingerprint density at radius 2 is 1.52 bits per heavy atom. The third-order valence-corrected chi connectivity index (χ3v) is 7.53. The molecule has 4 bridgehead atoms. The second-order valence-electron chi connectivity index (χ2n) is 9.69. The third kappa shape index (κ3) is 3.73. The molecule has 4 aliphatic carbocycles. The van der Waals surface area contributed by atoms with Crippen LogP contribution in [-0.2, 0) is 4.79 Å². The molecule has 0 aromatic heterocycles. The molecule has 1 aliphatic heterocycles. The van der Waals surface area contributed by atoms with Gasteiger partial charge < -0.3 is 15.5 Å². The van der Waals surface area contributed by atoms with E-state index in [1.807, 2.05) is 12.1 Å². The molecule has 0 atom stereocenters. The zero-order valence-electron chi connectivity index (χ0n) is 16.4. The van der Waals surface area contributed by atoms with E-state index in [0.29, 0.717) is 6.54 Å². The molecular weight excluding hydrogens is 334 g/mol. The van der Waals surface area contributed by atoms with E-state index in [0.717, 1.165) is 36.5 Å². The quantitative estimate of drug-likeness (QED) is 0.821. The van der Waals surface area contributed by atoms with E-state index in [1.165, 1.54) is 63.5 Å². The van der Waals surface area contributed by atoms with Crippen LogP contribution in [-0.4, -0.2) is 31.1 Å². The van der Waals surface area contributed by atoms with Crippen LogP contribution in [0, 0.1) is 17.8 Å². The zero-order chi connectivity index (χ0) is 18.3. The Balaban J connectivity index is 1.14.